The van der Waals surface area contributed by atoms with Crippen LogP contribution in [0.25, 0.3) is 0 Å². The van der Waals surface area contributed by atoms with Crippen LogP contribution in [-0.2, 0) is 0 Å². The third-order valence-electron chi connectivity index (χ3n) is 4.59. The van der Waals surface area contributed by atoms with Crippen molar-refractivity contribution in [3.05, 3.63) is 63.3 Å². The number of rotatable bonds is 2. The molecule has 0 aliphatic carbocycles. The van der Waals surface area contributed by atoms with Gasteiger partial charge < -0.3 is 4.90 Å². The maximum atomic E-state index is 10.9. The van der Waals surface area contributed by atoms with Gasteiger partial charge in [0.15, 0.2) is 0 Å². The van der Waals surface area contributed by atoms with Crippen LogP contribution in [0.15, 0.2) is 36.5 Å². The standard InChI is InChI=1S/C16H15N3O2/c1-10-8-11(19(20)21)9-17-16(10)18-14-6-7-15(18)13-5-3-2-4-12(13)14/h2-5,8-9,14-15H,6-7H2,1H3. The van der Waals surface area contributed by atoms with Gasteiger partial charge >= 0.3 is 0 Å². The van der Waals surface area contributed by atoms with Crippen LogP contribution in [0.1, 0.15) is 41.6 Å². The predicted molar refractivity (Wildman–Crippen MR) is 79.3 cm³/mol. The molecule has 0 spiro atoms. The van der Waals surface area contributed by atoms with E-state index in [1.165, 1.54) is 17.3 Å². The maximum Gasteiger partial charge on any atom is 0.287 e. The van der Waals surface area contributed by atoms with Gasteiger partial charge in [-0.2, -0.15) is 0 Å². The number of nitrogens with zero attached hydrogens (tertiary/aromatic N) is 3. The summed E-state index contributed by atoms with van der Waals surface area (Å²) in [6.45, 7) is 1.90. The molecule has 1 saturated heterocycles. The van der Waals surface area contributed by atoms with E-state index in [0.717, 1.165) is 24.2 Å². The molecule has 3 heterocycles. The monoisotopic (exact) mass is 281 g/mol. The smallest absolute Gasteiger partial charge is 0.287 e. The highest BCUT2D eigenvalue weighted by molar-refractivity contribution is 5.60. The molecule has 2 aliphatic rings. The number of benzene rings is 1. The molecule has 106 valence electrons. The first kappa shape index (κ1) is 12.3. The molecule has 0 amide bonds. The molecule has 1 aromatic heterocycles. The summed E-state index contributed by atoms with van der Waals surface area (Å²) in [6.07, 6.45) is 3.62. The van der Waals surface area contributed by atoms with Gasteiger partial charge in [-0.25, -0.2) is 4.98 Å². The normalized spacial score (nSPS) is 22.4. The maximum absolute atomic E-state index is 10.9. The molecular formula is C16H15N3O2. The number of aryl methyl sites for hydroxylation is 1. The Morgan fingerprint density at radius 3 is 2.38 bits per heavy atom. The third kappa shape index (κ3) is 1.67. The van der Waals surface area contributed by atoms with Crippen LogP contribution in [-0.4, -0.2) is 9.91 Å². The van der Waals surface area contributed by atoms with Crippen LogP contribution in [0.3, 0.4) is 0 Å². The number of anilines is 1. The van der Waals surface area contributed by atoms with Crippen LogP contribution in [0.2, 0.25) is 0 Å². The summed E-state index contributed by atoms with van der Waals surface area (Å²) in [4.78, 5) is 17.2. The largest absolute Gasteiger partial charge is 0.342 e. The highest BCUT2D eigenvalue weighted by Gasteiger charge is 2.44. The lowest BCUT2D eigenvalue weighted by atomic mass is 9.92. The van der Waals surface area contributed by atoms with Crippen molar-refractivity contribution in [2.24, 2.45) is 0 Å². The van der Waals surface area contributed by atoms with E-state index in [-0.39, 0.29) is 5.69 Å². The van der Waals surface area contributed by atoms with Crippen molar-refractivity contribution in [1.29, 1.82) is 0 Å². The van der Waals surface area contributed by atoms with Crippen molar-refractivity contribution >= 4 is 11.5 Å². The summed E-state index contributed by atoms with van der Waals surface area (Å²) in [7, 11) is 0. The molecule has 2 atom stereocenters. The lowest BCUT2D eigenvalue weighted by Gasteiger charge is -2.25. The van der Waals surface area contributed by atoms with Crippen LogP contribution in [0.5, 0.6) is 0 Å². The van der Waals surface area contributed by atoms with Crippen molar-refractivity contribution in [2.45, 2.75) is 31.8 Å². The van der Waals surface area contributed by atoms with Crippen LogP contribution in [0.4, 0.5) is 11.5 Å². The summed E-state index contributed by atoms with van der Waals surface area (Å²) >= 11 is 0. The average molecular weight is 281 g/mol. The molecule has 1 fully saturated rings. The minimum absolute atomic E-state index is 0.0558. The number of fused-ring (bicyclic) bond motifs is 5. The lowest BCUT2D eigenvalue weighted by molar-refractivity contribution is -0.385. The van der Waals surface area contributed by atoms with Crippen molar-refractivity contribution in [2.75, 3.05) is 4.90 Å². The van der Waals surface area contributed by atoms with Crippen LogP contribution in [0, 0.1) is 17.0 Å². The van der Waals surface area contributed by atoms with E-state index >= 15 is 0 Å². The third-order valence-corrected chi connectivity index (χ3v) is 4.59. The van der Waals surface area contributed by atoms with Crippen molar-refractivity contribution in [1.82, 2.24) is 4.98 Å². The quantitative estimate of drug-likeness (QED) is 0.622. The Labute approximate surface area is 122 Å². The van der Waals surface area contributed by atoms with E-state index in [4.69, 9.17) is 0 Å². The molecular weight excluding hydrogens is 266 g/mol. The van der Waals surface area contributed by atoms with Gasteiger partial charge in [0.25, 0.3) is 5.69 Å². The number of hydrogen-bond acceptors (Lipinski definition) is 4. The highest BCUT2D eigenvalue weighted by atomic mass is 16.6. The van der Waals surface area contributed by atoms with Gasteiger partial charge in [0, 0.05) is 6.07 Å². The van der Waals surface area contributed by atoms with Gasteiger partial charge in [0.1, 0.15) is 12.0 Å². The van der Waals surface area contributed by atoms with Gasteiger partial charge in [0.05, 0.1) is 17.0 Å². The van der Waals surface area contributed by atoms with E-state index in [2.05, 4.69) is 34.1 Å². The molecule has 1 aromatic carbocycles. The summed E-state index contributed by atoms with van der Waals surface area (Å²) < 4.78 is 0. The van der Waals surface area contributed by atoms with Gasteiger partial charge in [-0.15, -0.1) is 0 Å². The molecule has 21 heavy (non-hydrogen) atoms. The lowest BCUT2D eigenvalue weighted by Crippen LogP contribution is -2.20. The Hall–Kier alpha value is -2.43. The van der Waals surface area contributed by atoms with Crippen LogP contribution < -0.4 is 4.90 Å². The molecule has 2 aliphatic heterocycles. The second kappa shape index (κ2) is 4.28. The Morgan fingerprint density at radius 1 is 1.24 bits per heavy atom. The predicted octanol–water partition coefficient (Wildman–Crippen LogP) is 3.69. The Balaban J connectivity index is 1.78. The SMILES string of the molecule is Cc1cc([N+](=O)[O-])cnc1N1C2CCC1c1ccccc12. The Bertz CT molecular complexity index is 713. The van der Waals surface area contributed by atoms with Crippen molar-refractivity contribution in [3.8, 4) is 0 Å². The summed E-state index contributed by atoms with van der Waals surface area (Å²) in [5.41, 5.74) is 3.69. The fourth-order valence-corrected chi connectivity index (χ4v) is 3.76. The molecule has 0 N–H and O–H groups in total. The first-order valence-electron chi connectivity index (χ1n) is 7.15. The molecule has 2 aromatic rings. The fraction of sp³-hybridized carbons (Fsp3) is 0.312. The fourth-order valence-electron chi connectivity index (χ4n) is 3.76. The number of pyridine rings is 1. The first-order valence-corrected chi connectivity index (χ1v) is 7.15. The van der Waals surface area contributed by atoms with Crippen molar-refractivity contribution < 1.29 is 4.92 Å². The molecule has 0 radical (unpaired) electrons. The average Bonchev–Trinajstić information content (AvgIpc) is 3.04. The van der Waals surface area contributed by atoms with Gasteiger partial charge in [-0.05, 0) is 36.5 Å². The number of nitro groups is 1. The zero-order valence-corrected chi connectivity index (χ0v) is 11.7. The summed E-state index contributed by atoms with van der Waals surface area (Å²) in [5.74, 6) is 0.879. The van der Waals surface area contributed by atoms with Crippen LogP contribution >= 0.6 is 0 Å². The Morgan fingerprint density at radius 2 is 1.86 bits per heavy atom. The second-order valence-electron chi connectivity index (χ2n) is 5.74. The zero-order chi connectivity index (χ0) is 14.6. The number of aromatic nitrogens is 1. The molecule has 0 saturated carbocycles. The van der Waals surface area contributed by atoms with Gasteiger partial charge in [0.2, 0.25) is 0 Å². The van der Waals surface area contributed by atoms with E-state index in [9.17, 15) is 10.1 Å². The van der Waals surface area contributed by atoms with E-state index in [1.54, 1.807) is 6.07 Å². The highest BCUT2D eigenvalue weighted by Crippen LogP contribution is 2.54. The van der Waals surface area contributed by atoms with Gasteiger partial charge in [-0.3, -0.25) is 10.1 Å². The number of hydrogen-bond donors (Lipinski definition) is 0. The summed E-state index contributed by atoms with van der Waals surface area (Å²) in [5, 5.41) is 10.9. The van der Waals surface area contributed by atoms with E-state index in [1.807, 2.05) is 6.92 Å². The van der Waals surface area contributed by atoms with E-state index in [0.29, 0.717) is 12.1 Å². The topological polar surface area (TPSA) is 59.3 Å². The second-order valence-corrected chi connectivity index (χ2v) is 5.74. The minimum Gasteiger partial charge on any atom is -0.342 e. The molecule has 5 heteroatoms. The summed E-state index contributed by atoms with van der Waals surface area (Å²) in [6, 6.07) is 10.9. The molecule has 2 unspecified atom stereocenters. The van der Waals surface area contributed by atoms with Crippen molar-refractivity contribution in [3.63, 3.8) is 0 Å². The Kier molecular flexibility index (Phi) is 2.51. The van der Waals surface area contributed by atoms with Gasteiger partial charge in [-0.1, -0.05) is 24.3 Å². The zero-order valence-electron chi connectivity index (χ0n) is 11.7. The van der Waals surface area contributed by atoms with E-state index < -0.39 is 4.92 Å². The molecule has 4 rings (SSSR count). The molecule has 2 bridgehead atoms. The minimum atomic E-state index is -0.392. The molecule has 5 nitrogen and oxygen atoms in total. The first-order chi connectivity index (χ1) is 10.2.